The van der Waals surface area contributed by atoms with Gasteiger partial charge in [0.25, 0.3) is 5.91 Å². The lowest BCUT2D eigenvalue weighted by atomic mass is 9.95. The number of rotatable bonds is 5. The first-order chi connectivity index (χ1) is 14.6. The third-order valence-corrected chi connectivity index (χ3v) is 5.43. The highest BCUT2D eigenvalue weighted by molar-refractivity contribution is 5.95. The van der Waals surface area contributed by atoms with E-state index in [-0.39, 0.29) is 17.7 Å². The van der Waals surface area contributed by atoms with E-state index in [2.05, 4.69) is 15.5 Å². The first-order valence-electron chi connectivity index (χ1n) is 9.97. The fourth-order valence-corrected chi connectivity index (χ4v) is 3.72. The van der Waals surface area contributed by atoms with Crippen LogP contribution in [0.15, 0.2) is 60.9 Å². The van der Waals surface area contributed by atoms with E-state index < -0.39 is 0 Å². The topological polar surface area (TPSA) is 87.3 Å². The zero-order valence-electron chi connectivity index (χ0n) is 16.8. The van der Waals surface area contributed by atoms with Crippen molar-refractivity contribution in [3.63, 3.8) is 0 Å². The first kappa shape index (κ1) is 19.7. The molecular weight excluding hydrogens is 380 g/mol. The van der Waals surface area contributed by atoms with Crippen molar-refractivity contribution >= 4 is 17.5 Å². The van der Waals surface area contributed by atoms with E-state index in [0.29, 0.717) is 31.5 Å². The van der Waals surface area contributed by atoms with Crippen molar-refractivity contribution in [2.45, 2.75) is 12.8 Å². The average Bonchev–Trinajstić information content (AvgIpc) is 3.34. The third-order valence-electron chi connectivity index (χ3n) is 5.43. The van der Waals surface area contributed by atoms with Gasteiger partial charge in [-0.3, -0.25) is 14.7 Å². The lowest BCUT2D eigenvalue weighted by Gasteiger charge is -2.31. The Hall–Kier alpha value is -3.61. The van der Waals surface area contributed by atoms with Crippen LogP contribution in [0.25, 0.3) is 11.1 Å². The van der Waals surface area contributed by atoms with Gasteiger partial charge >= 0.3 is 0 Å². The van der Waals surface area contributed by atoms with Crippen LogP contribution in [0.1, 0.15) is 23.2 Å². The number of aromatic nitrogens is 2. The normalized spacial score (nSPS) is 14.4. The molecule has 0 radical (unpaired) electrons. The lowest BCUT2D eigenvalue weighted by Crippen LogP contribution is -2.41. The summed E-state index contributed by atoms with van der Waals surface area (Å²) in [5.74, 6) is 0.624. The summed E-state index contributed by atoms with van der Waals surface area (Å²) in [5, 5.41) is 9.51. The average molecular weight is 404 g/mol. The number of carbonyl (C=O) groups is 2. The highest BCUT2D eigenvalue weighted by Gasteiger charge is 2.28. The molecule has 154 valence electrons. The van der Waals surface area contributed by atoms with Gasteiger partial charge in [-0.15, -0.1) is 0 Å². The summed E-state index contributed by atoms with van der Waals surface area (Å²) >= 11 is 0. The van der Waals surface area contributed by atoms with Crippen molar-refractivity contribution < 1.29 is 14.3 Å². The summed E-state index contributed by atoms with van der Waals surface area (Å²) in [6, 6.07) is 15.6. The first-order valence-corrected chi connectivity index (χ1v) is 9.97. The van der Waals surface area contributed by atoms with Gasteiger partial charge in [0.15, 0.2) is 0 Å². The van der Waals surface area contributed by atoms with Crippen LogP contribution in [0.2, 0.25) is 0 Å². The van der Waals surface area contributed by atoms with Gasteiger partial charge in [0.2, 0.25) is 5.91 Å². The molecule has 7 heteroatoms. The summed E-state index contributed by atoms with van der Waals surface area (Å²) in [6.07, 6.45) is 4.41. The Morgan fingerprint density at radius 2 is 1.83 bits per heavy atom. The Bertz CT molecular complexity index is 1020. The van der Waals surface area contributed by atoms with Gasteiger partial charge in [-0.25, -0.2) is 0 Å². The second-order valence-corrected chi connectivity index (χ2v) is 7.36. The smallest absolute Gasteiger partial charge is 0.257 e. The molecule has 0 aliphatic carbocycles. The van der Waals surface area contributed by atoms with Crippen LogP contribution in [0.3, 0.4) is 0 Å². The van der Waals surface area contributed by atoms with Crippen molar-refractivity contribution in [2.75, 3.05) is 25.5 Å². The fourth-order valence-electron chi connectivity index (χ4n) is 3.72. The number of H-pyrrole nitrogens is 1. The number of aromatic amines is 1. The molecule has 0 saturated carbocycles. The maximum atomic E-state index is 12.8. The number of anilines is 1. The molecule has 1 saturated heterocycles. The molecule has 0 bridgehead atoms. The van der Waals surface area contributed by atoms with Crippen LogP contribution in [-0.2, 0) is 4.79 Å². The number of benzene rings is 2. The standard InChI is InChI=1S/C23H24N4O3/c1-30-21-7-3-5-18(13-21)17-4-2-6-20(12-17)26-22(28)16-8-10-27(11-9-16)23(29)19-14-24-25-15-19/h2-7,12-16H,8-11H2,1H3,(H,24,25)(H,26,28). The summed E-state index contributed by atoms with van der Waals surface area (Å²) < 4.78 is 5.30. The van der Waals surface area contributed by atoms with Gasteiger partial charge in [-0.1, -0.05) is 24.3 Å². The third kappa shape index (κ3) is 4.35. The molecule has 1 aromatic heterocycles. The number of piperidine rings is 1. The molecule has 1 fully saturated rings. The number of carbonyl (C=O) groups excluding carboxylic acids is 2. The van der Waals surface area contributed by atoms with E-state index in [9.17, 15) is 9.59 Å². The molecule has 2 amide bonds. The molecule has 0 unspecified atom stereocenters. The van der Waals surface area contributed by atoms with E-state index in [1.54, 1.807) is 18.2 Å². The predicted octanol–water partition coefficient (Wildman–Crippen LogP) is 3.58. The Morgan fingerprint density at radius 3 is 2.53 bits per heavy atom. The van der Waals surface area contributed by atoms with E-state index >= 15 is 0 Å². The van der Waals surface area contributed by atoms with Crippen LogP contribution in [0.4, 0.5) is 5.69 Å². The number of nitrogens with zero attached hydrogens (tertiary/aromatic N) is 2. The molecule has 0 spiro atoms. The van der Waals surface area contributed by atoms with E-state index in [4.69, 9.17) is 4.74 Å². The number of likely N-dealkylation sites (tertiary alicyclic amines) is 1. The SMILES string of the molecule is COc1cccc(-c2cccc(NC(=O)C3CCN(C(=O)c4cn[nH]c4)CC3)c2)c1. The molecule has 30 heavy (non-hydrogen) atoms. The molecule has 2 N–H and O–H groups in total. The van der Waals surface area contributed by atoms with Gasteiger partial charge in [-0.2, -0.15) is 5.10 Å². The van der Waals surface area contributed by atoms with Crippen molar-refractivity contribution in [3.05, 3.63) is 66.5 Å². The highest BCUT2D eigenvalue weighted by atomic mass is 16.5. The minimum atomic E-state index is -0.112. The largest absolute Gasteiger partial charge is 0.497 e. The fraction of sp³-hybridized carbons (Fsp3) is 0.261. The zero-order valence-corrected chi connectivity index (χ0v) is 16.8. The monoisotopic (exact) mass is 404 g/mol. The Balaban J connectivity index is 1.37. The molecule has 2 aromatic carbocycles. The van der Waals surface area contributed by atoms with Gasteiger partial charge < -0.3 is 15.0 Å². The van der Waals surface area contributed by atoms with Gasteiger partial charge in [0, 0.05) is 30.9 Å². The molecule has 4 rings (SSSR count). The summed E-state index contributed by atoms with van der Waals surface area (Å²) in [6.45, 7) is 1.12. The second-order valence-electron chi connectivity index (χ2n) is 7.36. The van der Waals surface area contributed by atoms with Crippen molar-refractivity contribution in [1.29, 1.82) is 0 Å². The lowest BCUT2D eigenvalue weighted by molar-refractivity contribution is -0.121. The van der Waals surface area contributed by atoms with Crippen LogP contribution in [0, 0.1) is 5.92 Å². The van der Waals surface area contributed by atoms with Crippen molar-refractivity contribution in [3.8, 4) is 16.9 Å². The zero-order chi connectivity index (χ0) is 20.9. The maximum Gasteiger partial charge on any atom is 0.257 e. The molecule has 2 heterocycles. The van der Waals surface area contributed by atoms with Crippen LogP contribution in [0.5, 0.6) is 5.75 Å². The predicted molar refractivity (Wildman–Crippen MR) is 114 cm³/mol. The number of amides is 2. The minimum Gasteiger partial charge on any atom is -0.497 e. The van der Waals surface area contributed by atoms with Crippen molar-refractivity contribution in [2.24, 2.45) is 5.92 Å². The van der Waals surface area contributed by atoms with Gasteiger partial charge in [0.1, 0.15) is 5.75 Å². The maximum absolute atomic E-state index is 12.8. The minimum absolute atomic E-state index is 0.00629. The molecule has 1 aliphatic heterocycles. The van der Waals surface area contributed by atoms with Gasteiger partial charge in [0.05, 0.1) is 18.9 Å². The summed E-state index contributed by atoms with van der Waals surface area (Å²) in [5.41, 5.74) is 3.34. The molecular formula is C23H24N4O3. The summed E-state index contributed by atoms with van der Waals surface area (Å²) in [4.78, 5) is 26.9. The number of hydrogen-bond acceptors (Lipinski definition) is 4. The number of methoxy groups -OCH3 is 1. The van der Waals surface area contributed by atoms with E-state index in [1.165, 1.54) is 6.20 Å². The summed E-state index contributed by atoms with van der Waals surface area (Å²) in [7, 11) is 1.64. The van der Waals surface area contributed by atoms with Crippen LogP contribution < -0.4 is 10.1 Å². The van der Waals surface area contributed by atoms with E-state index in [0.717, 1.165) is 22.6 Å². The highest BCUT2D eigenvalue weighted by Crippen LogP contribution is 2.27. The number of ether oxygens (including phenoxy) is 1. The Labute approximate surface area is 175 Å². The van der Waals surface area contributed by atoms with E-state index in [1.807, 2.05) is 48.5 Å². The van der Waals surface area contributed by atoms with Crippen LogP contribution in [-0.4, -0.2) is 47.1 Å². The molecule has 1 aliphatic rings. The number of nitrogens with one attached hydrogen (secondary N) is 2. The van der Waals surface area contributed by atoms with Crippen LogP contribution >= 0.6 is 0 Å². The Kier molecular flexibility index (Phi) is 5.79. The molecule has 0 atom stereocenters. The second kappa shape index (κ2) is 8.82. The Morgan fingerprint density at radius 1 is 1.10 bits per heavy atom. The van der Waals surface area contributed by atoms with Crippen molar-refractivity contribution in [1.82, 2.24) is 15.1 Å². The van der Waals surface area contributed by atoms with Gasteiger partial charge in [-0.05, 0) is 48.2 Å². The molecule has 7 nitrogen and oxygen atoms in total. The quantitative estimate of drug-likeness (QED) is 0.681. The molecule has 3 aromatic rings. The number of hydrogen-bond donors (Lipinski definition) is 2.